The van der Waals surface area contributed by atoms with Gasteiger partial charge in [0.1, 0.15) is 24.6 Å². The van der Waals surface area contributed by atoms with Crippen molar-refractivity contribution in [1.29, 1.82) is 0 Å². The van der Waals surface area contributed by atoms with E-state index >= 15 is 0 Å². The van der Waals surface area contributed by atoms with Crippen molar-refractivity contribution in [3.63, 3.8) is 0 Å². The molecule has 46 heavy (non-hydrogen) atoms. The van der Waals surface area contributed by atoms with E-state index in [1.165, 1.54) is 4.90 Å². The number of nitrogens with zero attached hydrogens (tertiary/aromatic N) is 7. The molecule has 12 heteroatoms. The Labute approximate surface area is 270 Å². The monoisotopic (exact) mass is 643 g/mol. The van der Waals surface area contributed by atoms with Crippen molar-refractivity contribution in [3.05, 3.63) is 77.6 Å². The third-order valence-corrected chi connectivity index (χ3v) is 9.82. The Morgan fingerprint density at radius 2 is 2.04 bits per heavy atom. The van der Waals surface area contributed by atoms with Crippen LogP contribution in [-0.2, 0) is 4.79 Å². The number of piperazine rings is 1. The predicted octanol–water partition coefficient (Wildman–Crippen LogP) is 5.87. The van der Waals surface area contributed by atoms with Gasteiger partial charge in [0, 0.05) is 71.7 Å². The zero-order valence-corrected chi connectivity index (χ0v) is 25.9. The second-order valence-corrected chi connectivity index (χ2v) is 12.7. The van der Waals surface area contributed by atoms with Gasteiger partial charge in [-0.1, -0.05) is 36.4 Å². The van der Waals surface area contributed by atoms with Crippen LogP contribution < -0.4 is 9.64 Å². The maximum atomic E-state index is 14.5. The highest BCUT2D eigenvalue weighted by atomic mass is 35.5. The van der Waals surface area contributed by atoms with Gasteiger partial charge in [-0.05, 0) is 43.1 Å². The summed E-state index contributed by atoms with van der Waals surface area (Å²) in [6.07, 6.45) is 4.92. The molecule has 0 radical (unpaired) electrons. The number of fused-ring (bicyclic) bond motifs is 3. The summed E-state index contributed by atoms with van der Waals surface area (Å²) in [6.45, 7) is 13.0. The Morgan fingerprint density at radius 1 is 1.17 bits per heavy atom. The minimum absolute atomic E-state index is 0.00361. The third kappa shape index (κ3) is 5.39. The van der Waals surface area contributed by atoms with E-state index in [1.54, 1.807) is 12.4 Å². The first-order valence-electron chi connectivity index (χ1n) is 15.4. The number of ether oxygens (including phenoxy) is 1. The summed E-state index contributed by atoms with van der Waals surface area (Å²) in [7, 11) is 0. The summed E-state index contributed by atoms with van der Waals surface area (Å²) in [4.78, 5) is 35.7. The van der Waals surface area contributed by atoms with Gasteiger partial charge in [0.05, 0.1) is 11.1 Å². The number of hydrogen-bond donors (Lipinski definition) is 0. The third-order valence-electron chi connectivity index (χ3n) is 9.51. The van der Waals surface area contributed by atoms with E-state index in [4.69, 9.17) is 32.9 Å². The fourth-order valence-electron chi connectivity index (χ4n) is 7.35. The van der Waals surface area contributed by atoms with E-state index in [1.807, 2.05) is 41.3 Å². The van der Waals surface area contributed by atoms with Gasteiger partial charge in [-0.25, -0.2) is 15.4 Å². The summed E-state index contributed by atoms with van der Waals surface area (Å²) in [5.74, 6) is -1.28. The number of anilines is 1. The first-order chi connectivity index (χ1) is 22.3. The van der Waals surface area contributed by atoms with Crippen molar-refractivity contribution in [2.24, 2.45) is 0 Å². The highest BCUT2D eigenvalue weighted by Crippen LogP contribution is 2.41. The van der Waals surface area contributed by atoms with Gasteiger partial charge >= 0.3 is 6.01 Å². The van der Waals surface area contributed by atoms with Gasteiger partial charge in [0.2, 0.25) is 6.54 Å². The molecule has 4 aromatic rings. The van der Waals surface area contributed by atoms with Gasteiger partial charge in [-0.3, -0.25) is 14.7 Å². The van der Waals surface area contributed by atoms with Crippen LogP contribution in [-0.4, -0.2) is 94.3 Å². The molecular weight excluding hydrogens is 612 g/mol. The van der Waals surface area contributed by atoms with E-state index in [-0.39, 0.29) is 37.8 Å². The van der Waals surface area contributed by atoms with Crippen molar-refractivity contribution >= 4 is 45.0 Å². The normalized spacial score (nSPS) is 23.1. The molecule has 0 bridgehead atoms. The van der Waals surface area contributed by atoms with Gasteiger partial charge in [0.15, 0.2) is 5.83 Å². The Morgan fingerprint density at radius 3 is 2.87 bits per heavy atom. The molecule has 236 valence electrons. The number of halogens is 3. The smallest absolute Gasteiger partial charge is 0.319 e. The van der Waals surface area contributed by atoms with E-state index < -0.39 is 23.9 Å². The Balaban J connectivity index is 1.29. The summed E-state index contributed by atoms with van der Waals surface area (Å²) in [5.41, 5.74) is 1.94. The Bertz CT molecular complexity index is 1900. The number of pyridine rings is 1. The van der Waals surface area contributed by atoms with Gasteiger partial charge in [0.25, 0.3) is 5.91 Å². The number of carbonyl (C=O) groups is 1. The largest absolute Gasteiger partial charge is 0.461 e. The average Bonchev–Trinajstić information content (AvgIpc) is 3.58. The molecule has 0 N–H and O–H groups in total. The fraction of sp³-hybridized carbons (Fsp3) is 0.382. The van der Waals surface area contributed by atoms with Crippen molar-refractivity contribution in [1.82, 2.24) is 24.8 Å². The molecule has 2 aromatic carbocycles. The lowest BCUT2D eigenvalue weighted by Crippen LogP contribution is -2.56. The maximum Gasteiger partial charge on any atom is 0.319 e. The Kier molecular flexibility index (Phi) is 7.95. The second kappa shape index (κ2) is 12.1. The summed E-state index contributed by atoms with van der Waals surface area (Å²) < 4.78 is 34.7. The molecule has 1 amide bonds. The van der Waals surface area contributed by atoms with Gasteiger partial charge in [-0.2, -0.15) is 9.97 Å². The minimum atomic E-state index is -1.05. The van der Waals surface area contributed by atoms with Crippen molar-refractivity contribution in [2.45, 2.75) is 37.0 Å². The number of benzene rings is 2. The SMILES string of the molecule is [C-]#[N+]C[C@H]1CN(c2nc(OCC34CCCN3C[C@H](F)C4)nc3cc(-c4cncc5cccc(Cl)c45)ccc23)CCN1C(=O)C(=C)F. The lowest BCUT2D eigenvalue weighted by molar-refractivity contribution is -0.131. The molecule has 3 fully saturated rings. The summed E-state index contributed by atoms with van der Waals surface area (Å²) >= 11 is 6.64. The van der Waals surface area contributed by atoms with Crippen LogP contribution in [0.25, 0.3) is 37.6 Å². The number of hydrogen-bond acceptors (Lipinski definition) is 7. The number of aromatic nitrogens is 3. The van der Waals surface area contributed by atoms with Crippen LogP contribution in [0.4, 0.5) is 14.6 Å². The molecule has 0 aliphatic carbocycles. The van der Waals surface area contributed by atoms with Crippen LogP contribution in [0.2, 0.25) is 5.02 Å². The van der Waals surface area contributed by atoms with Gasteiger partial charge < -0.3 is 19.4 Å². The number of amides is 1. The number of alkyl halides is 1. The highest BCUT2D eigenvalue weighted by molar-refractivity contribution is 6.36. The molecule has 3 atom stereocenters. The van der Waals surface area contributed by atoms with E-state index in [0.29, 0.717) is 35.9 Å². The van der Waals surface area contributed by atoms with E-state index in [9.17, 15) is 13.6 Å². The van der Waals surface area contributed by atoms with Crippen LogP contribution in [0.5, 0.6) is 6.01 Å². The molecule has 7 rings (SSSR count). The summed E-state index contributed by atoms with van der Waals surface area (Å²) in [6, 6.07) is 11.1. The molecular formula is C34H32ClF2N7O2. The predicted molar refractivity (Wildman–Crippen MR) is 173 cm³/mol. The lowest BCUT2D eigenvalue weighted by atomic mass is 9.95. The molecule has 3 aliphatic rings. The molecule has 1 unspecified atom stereocenters. The topological polar surface area (TPSA) is 79.1 Å². The molecule has 9 nitrogen and oxygen atoms in total. The van der Waals surface area contributed by atoms with Crippen molar-refractivity contribution in [2.75, 3.05) is 50.8 Å². The maximum absolute atomic E-state index is 14.5. The lowest BCUT2D eigenvalue weighted by Gasteiger charge is -2.39. The van der Waals surface area contributed by atoms with Crippen LogP contribution in [0.1, 0.15) is 19.3 Å². The number of carbonyl (C=O) groups excluding carboxylic acids is 1. The number of rotatable bonds is 7. The van der Waals surface area contributed by atoms with Crippen LogP contribution in [0.15, 0.2) is 61.2 Å². The van der Waals surface area contributed by atoms with Crippen molar-refractivity contribution in [3.8, 4) is 17.1 Å². The van der Waals surface area contributed by atoms with E-state index in [2.05, 4.69) is 21.3 Å². The average molecular weight is 644 g/mol. The van der Waals surface area contributed by atoms with Crippen LogP contribution in [0, 0.1) is 6.57 Å². The van der Waals surface area contributed by atoms with Gasteiger partial charge in [-0.15, -0.1) is 0 Å². The molecule has 0 spiro atoms. The van der Waals surface area contributed by atoms with Crippen LogP contribution in [0.3, 0.4) is 0 Å². The molecule has 3 saturated heterocycles. The first kappa shape index (κ1) is 30.3. The quantitative estimate of drug-likeness (QED) is 0.184. The zero-order valence-electron chi connectivity index (χ0n) is 25.1. The highest BCUT2D eigenvalue weighted by Gasteiger charge is 2.49. The standard InChI is InChI=1S/C34H32ClF2N7O2/c1-21(36)32(45)44-12-11-42(19-25(44)16-38-2)31-26-8-7-22(27-17-39-15-23-5-3-6-28(35)30(23)27)13-29(26)40-33(41-31)46-20-34-9-4-10-43(34)18-24(37)14-34/h3,5-8,13,15,17,24-25H,1,4,9-12,14,16,18-20H2/t24-,25+,34?/m1/s1. The zero-order chi connectivity index (χ0) is 32.0. The molecule has 0 saturated carbocycles. The fourth-order valence-corrected chi connectivity index (χ4v) is 7.64. The summed E-state index contributed by atoms with van der Waals surface area (Å²) in [5, 5.41) is 3.15. The second-order valence-electron chi connectivity index (χ2n) is 12.3. The van der Waals surface area contributed by atoms with Crippen LogP contribution >= 0.6 is 11.6 Å². The molecule has 3 aliphatic heterocycles. The van der Waals surface area contributed by atoms with E-state index in [0.717, 1.165) is 46.7 Å². The molecule has 5 heterocycles. The van der Waals surface area contributed by atoms with Crippen molar-refractivity contribution < 1.29 is 18.3 Å². The minimum Gasteiger partial charge on any atom is -0.461 e. The Hall–Kier alpha value is -4.40. The molecule has 2 aromatic heterocycles. The first-order valence-corrected chi connectivity index (χ1v) is 15.7.